The summed E-state index contributed by atoms with van der Waals surface area (Å²) >= 11 is 0. The number of rotatable bonds is 4. The Morgan fingerprint density at radius 2 is 0.691 bits per heavy atom. The average molecular weight is 757 g/mol. The summed E-state index contributed by atoms with van der Waals surface area (Å²) in [5.74, 6) is 12.6. The van der Waals surface area contributed by atoms with Crippen LogP contribution < -0.4 is 10.6 Å². The summed E-state index contributed by atoms with van der Waals surface area (Å²) in [4.78, 5) is 6.77. The predicted octanol–water partition coefficient (Wildman–Crippen LogP) is 9.39. The van der Waals surface area contributed by atoms with Crippen molar-refractivity contribution >= 4 is 0 Å². The van der Waals surface area contributed by atoms with Gasteiger partial charge in [0.15, 0.2) is 0 Å². The topological polar surface area (TPSA) is 39.8 Å². The Morgan fingerprint density at radius 1 is 0.364 bits per heavy atom. The molecule has 6 saturated carbocycles. The Balaban J connectivity index is 0.933. The zero-order valence-electron chi connectivity index (χ0n) is 36.0. The van der Waals surface area contributed by atoms with E-state index < -0.39 is 0 Å². The number of hydrogen-bond acceptors (Lipinski definition) is 5. The highest BCUT2D eigenvalue weighted by atomic mass is 16.5. The highest BCUT2D eigenvalue weighted by molar-refractivity contribution is 5.15. The number of fused-ring (bicyclic) bond motifs is 9. The first-order chi connectivity index (χ1) is 27.0. The van der Waals surface area contributed by atoms with Gasteiger partial charge in [-0.2, -0.15) is 0 Å². The molecule has 0 spiro atoms. The molecule has 5 heteroatoms. The van der Waals surface area contributed by atoms with Crippen LogP contribution >= 0.6 is 0 Å². The van der Waals surface area contributed by atoms with Gasteiger partial charge in [0.25, 0.3) is 0 Å². The van der Waals surface area contributed by atoms with Gasteiger partial charge in [0.1, 0.15) is 0 Å². The SMILES string of the molecule is CC1CCCC2C3CCCC(C)C3N(C3CC4OC5CC(N6C7C(C)CCCC7C7CCCC(C)C76)C(C6CCNCC6)CC5C4CC3C3CCNCC3)C12. The molecule has 0 aromatic carbocycles. The Bertz CT molecular complexity index is 1180. The largest absolute Gasteiger partial charge is 0.374 e. The lowest BCUT2D eigenvalue weighted by Crippen LogP contribution is -2.59. The molecule has 5 aliphatic heterocycles. The molecule has 5 saturated heterocycles. The zero-order valence-corrected chi connectivity index (χ0v) is 36.0. The third-order valence-electron chi connectivity index (χ3n) is 21.0. The van der Waals surface area contributed by atoms with Gasteiger partial charge < -0.3 is 15.4 Å². The normalized spacial score (nSPS) is 55.2. The van der Waals surface area contributed by atoms with Gasteiger partial charge in [-0.3, -0.25) is 9.80 Å². The van der Waals surface area contributed by atoms with Crippen molar-refractivity contribution in [2.24, 2.45) is 82.9 Å². The lowest BCUT2D eigenvalue weighted by Gasteiger charge is -2.54. The van der Waals surface area contributed by atoms with Crippen molar-refractivity contribution in [3.05, 3.63) is 0 Å². The first-order valence-corrected chi connectivity index (χ1v) is 25.6. The van der Waals surface area contributed by atoms with Gasteiger partial charge in [-0.05, 0) is 212 Å². The highest BCUT2D eigenvalue weighted by Gasteiger charge is 2.63. The van der Waals surface area contributed by atoms with Gasteiger partial charge in [-0.15, -0.1) is 0 Å². The fourth-order valence-corrected chi connectivity index (χ4v) is 19.1. The van der Waals surface area contributed by atoms with Crippen molar-refractivity contribution in [3.63, 3.8) is 0 Å². The van der Waals surface area contributed by atoms with E-state index in [-0.39, 0.29) is 0 Å². The minimum absolute atomic E-state index is 0.516. The van der Waals surface area contributed by atoms with Gasteiger partial charge in [0, 0.05) is 36.3 Å². The minimum Gasteiger partial charge on any atom is -0.374 e. The summed E-state index contributed by atoms with van der Waals surface area (Å²) in [6.07, 6.45) is 30.4. The summed E-state index contributed by atoms with van der Waals surface area (Å²) in [5.41, 5.74) is 0. The molecular weight excluding hydrogens is 673 g/mol. The summed E-state index contributed by atoms with van der Waals surface area (Å²) in [6, 6.07) is 4.90. The monoisotopic (exact) mass is 757 g/mol. The van der Waals surface area contributed by atoms with E-state index in [0.29, 0.717) is 12.2 Å². The third kappa shape index (κ3) is 6.26. The number of nitrogens with zero attached hydrogens (tertiary/aromatic N) is 2. The van der Waals surface area contributed by atoms with Crippen molar-refractivity contribution in [2.45, 2.75) is 205 Å². The Labute approximate surface area is 337 Å². The number of piperidine rings is 2. The second-order valence-corrected chi connectivity index (χ2v) is 23.3. The molecule has 310 valence electrons. The van der Waals surface area contributed by atoms with E-state index >= 15 is 0 Å². The van der Waals surface area contributed by atoms with Crippen LogP contribution in [0.4, 0.5) is 0 Å². The van der Waals surface area contributed by atoms with E-state index in [2.05, 4.69) is 48.1 Å². The summed E-state index contributed by atoms with van der Waals surface area (Å²) in [6.45, 7) is 15.8. The van der Waals surface area contributed by atoms with Crippen LogP contribution in [0.5, 0.6) is 0 Å². The van der Waals surface area contributed by atoms with Crippen LogP contribution in [0.3, 0.4) is 0 Å². The molecule has 55 heavy (non-hydrogen) atoms. The van der Waals surface area contributed by atoms with Crippen LogP contribution in [0, 0.1) is 82.9 Å². The molecule has 0 aromatic rings. The molecule has 5 nitrogen and oxygen atoms in total. The molecule has 11 rings (SSSR count). The molecule has 20 atom stereocenters. The van der Waals surface area contributed by atoms with Gasteiger partial charge >= 0.3 is 0 Å². The summed E-state index contributed by atoms with van der Waals surface area (Å²) in [5, 5.41) is 7.61. The Kier molecular flexibility index (Phi) is 10.6. The quantitative estimate of drug-likeness (QED) is 0.299. The van der Waals surface area contributed by atoms with E-state index in [9.17, 15) is 0 Å². The molecule has 0 aromatic heterocycles. The lowest BCUT2D eigenvalue weighted by atomic mass is 9.60. The third-order valence-corrected chi connectivity index (χ3v) is 21.0. The number of hydrogen-bond donors (Lipinski definition) is 2. The Hall–Kier alpha value is -0.200. The smallest absolute Gasteiger partial charge is 0.0625 e. The van der Waals surface area contributed by atoms with Crippen LogP contribution in [0.1, 0.15) is 156 Å². The number of likely N-dealkylation sites (tertiary alicyclic amines) is 2. The fraction of sp³-hybridized carbons (Fsp3) is 1.00. The van der Waals surface area contributed by atoms with Crippen LogP contribution in [0.15, 0.2) is 0 Å². The van der Waals surface area contributed by atoms with Crippen LogP contribution in [-0.4, -0.2) is 84.4 Å². The lowest BCUT2D eigenvalue weighted by molar-refractivity contribution is -0.0857. The molecule has 11 aliphatic rings. The first kappa shape index (κ1) is 37.8. The van der Waals surface area contributed by atoms with Crippen molar-refractivity contribution in [1.29, 1.82) is 0 Å². The van der Waals surface area contributed by atoms with Crippen molar-refractivity contribution in [1.82, 2.24) is 20.4 Å². The van der Waals surface area contributed by atoms with Crippen LogP contribution in [0.2, 0.25) is 0 Å². The maximum atomic E-state index is 7.79. The van der Waals surface area contributed by atoms with E-state index in [4.69, 9.17) is 4.74 Å². The van der Waals surface area contributed by atoms with Gasteiger partial charge in [0.05, 0.1) is 12.2 Å². The second-order valence-electron chi connectivity index (χ2n) is 23.3. The van der Waals surface area contributed by atoms with E-state index in [1.807, 2.05) is 0 Å². The molecule has 6 aliphatic carbocycles. The summed E-state index contributed by atoms with van der Waals surface area (Å²) < 4.78 is 7.79. The van der Waals surface area contributed by atoms with Gasteiger partial charge in [-0.25, -0.2) is 0 Å². The molecule has 0 radical (unpaired) electrons. The highest BCUT2D eigenvalue weighted by Crippen LogP contribution is 2.61. The second kappa shape index (κ2) is 15.4. The maximum absolute atomic E-state index is 7.79. The molecule has 0 bridgehead atoms. The van der Waals surface area contributed by atoms with Crippen LogP contribution in [-0.2, 0) is 4.74 Å². The Morgan fingerprint density at radius 3 is 1.02 bits per heavy atom. The molecule has 0 amide bonds. The van der Waals surface area contributed by atoms with E-state index in [1.54, 1.807) is 0 Å². The van der Waals surface area contributed by atoms with Crippen molar-refractivity contribution < 1.29 is 4.74 Å². The van der Waals surface area contributed by atoms with Gasteiger partial charge in [-0.1, -0.05) is 53.4 Å². The van der Waals surface area contributed by atoms with Crippen LogP contribution in [0.25, 0.3) is 0 Å². The van der Waals surface area contributed by atoms with E-state index in [1.165, 1.54) is 155 Å². The molecular formula is C50H84N4O. The van der Waals surface area contributed by atoms with Crippen molar-refractivity contribution in [2.75, 3.05) is 26.2 Å². The van der Waals surface area contributed by atoms with Crippen molar-refractivity contribution in [3.8, 4) is 0 Å². The zero-order chi connectivity index (χ0) is 36.9. The standard InChI is InChI=1S/C50H84N4O/c1-29-9-5-13-35-36-14-6-10-30(2)48(36)53(47(29)35)43-27-45-41(25-39(43)33-17-21-51-22-18-33)42-26-40(34-19-23-52-24-20-34)44(28-46(42)55-45)54-49-31(3)11-7-15-37(49)38-16-8-12-32(4)50(38)54/h29-52H,5-28H2,1-4H3. The predicted molar refractivity (Wildman–Crippen MR) is 225 cm³/mol. The summed E-state index contributed by atoms with van der Waals surface area (Å²) in [7, 11) is 0. The van der Waals surface area contributed by atoms with Gasteiger partial charge in [0.2, 0.25) is 0 Å². The average Bonchev–Trinajstić information content (AvgIpc) is 3.87. The molecule has 11 fully saturated rings. The molecule has 5 heterocycles. The fourth-order valence-electron chi connectivity index (χ4n) is 19.1. The molecule has 2 N–H and O–H groups in total. The van der Waals surface area contributed by atoms with E-state index in [0.717, 1.165) is 119 Å². The number of ether oxygens (including phenoxy) is 1. The maximum Gasteiger partial charge on any atom is 0.0625 e. The molecule has 20 unspecified atom stereocenters. The number of nitrogens with one attached hydrogen (secondary N) is 2. The minimum atomic E-state index is 0.516. The first-order valence-electron chi connectivity index (χ1n) is 25.6.